The Hall–Kier alpha value is -2.30. The van der Waals surface area contributed by atoms with Gasteiger partial charge in [-0.05, 0) is 43.7 Å². The molecule has 2 aromatic carbocycles. The molecule has 0 aliphatic rings. The van der Waals surface area contributed by atoms with E-state index in [9.17, 15) is 13.2 Å². The molecule has 0 fully saturated rings. The number of carbonyl (C=O) groups is 1. The van der Waals surface area contributed by atoms with Gasteiger partial charge in [-0.25, -0.2) is 13.1 Å². The van der Waals surface area contributed by atoms with Gasteiger partial charge in [0.05, 0.1) is 38.9 Å². The van der Waals surface area contributed by atoms with Gasteiger partial charge in [-0.2, -0.15) is 0 Å². The Morgan fingerprint density at radius 1 is 1.03 bits per heavy atom. The molecule has 0 unspecified atom stereocenters. The highest BCUT2D eigenvalue weighted by atomic mass is 79.9. The van der Waals surface area contributed by atoms with E-state index in [1.807, 2.05) is 6.92 Å². The van der Waals surface area contributed by atoms with E-state index < -0.39 is 26.9 Å². The molecule has 0 saturated heterocycles. The summed E-state index contributed by atoms with van der Waals surface area (Å²) in [7, 11) is 0.384. The molecule has 0 saturated carbocycles. The molecule has 170 valence electrons. The van der Waals surface area contributed by atoms with E-state index in [2.05, 4.69) is 20.7 Å². The van der Waals surface area contributed by atoms with Crippen LogP contribution in [0.4, 0.5) is 0 Å². The lowest BCUT2D eigenvalue weighted by molar-refractivity contribution is -0.142. The number of rotatable bonds is 10. The van der Waals surface area contributed by atoms with Crippen LogP contribution in [0.15, 0.2) is 41.3 Å². The number of methoxy groups -OCH3 is 3. The molecule has 31 heavy (non-hydrogen) atoms. The maximum Gasteiger partial charge on any atom is 0.321 e. The maximum atomic E-state index is 13.1. The fourth-order valence-electron chi connectivity index (χ4n) is 2.89. The van der Waals surface area contributed by atoms with Crippen molar-refractivity contribution in [2.45, 2.75) is 29.6 Å². The van der Waals surface area contributed by atoms with Crippen LogP contribution in [0.5, 0.6) is 17.2 Å². The minimum absolute atomic E-state index is 0.0686. The van der Waals surface area contributed by atoms with E-state index >= 15 is 0 Å². The van der Waals surface area contributed by atoms with Gasteiger partial charge in [0.15, 0.2) is 11.5 Å². The van der Waals surface area contributed by atoms with Gasteiger partial charge in [0.2, 0.25) is 15.8 Å². The van der Waals surface area contributed by atoms with Crippen molar-refractivity contribution < 1.29 is 32.2 Å². The monoisotopic (exact) mass is 515 g/mol. The Bertz CT molecular complexity index is 984. The van der Waals surface area contributed by atoms with E-state index in [4.69, 9.17) is 18.9 Å². The van der Waals surface area contributed by atoms with Crippen LogP contribution in [0.1, 0.15) is 24.1 Å². The zero-order valence-corrected chi connectivity index (χ0v) is 20.4. The highest BCUT2D eigenvalue weighted by Crippen LogP contribution is 2.41. The van der Waals surface area contributed by atoms with Crippen LogP contribution in [0.2, 0.25) is 0 Å². The zero-order chi connectivity index (χ0) is 23.2. The second kappa shape index (κ2) is 10.8. The number of sulfonamides is 1. The van der Waals surface area contributed by atoms with Crippen molar-refractivity contribution in [2.75, 3.05) is 27.9 Å². The minimum Gasteiger partial charge on any atom is -0.493 e. The number of aryl methyl sites for hydroxylation is 1. The molecule has 0 aliphatic heterocycles. The quantitative estimate of drug-likeness (QED) is 0.382. The van der Waals surface area contributed by atoms with Crippen molar-refractivity contribution in [3.63, 3.8) is 0 Å². The number of hydrogen-bond donors (Lipinski definition) is 1. The number of alkyl halides is 1. The van der Waals surface area contributed by atoms with Crippen molar-refractivity contribution >= 4 is 31.9 Å². The SMILES string of the molecule is CCOC(=O)[C@@H](Br)[C@@H](NS(=O)(=O)c1ccc(C)cc1)c1cc(OC)c(OC)c(OC)c1. The second-order valence-electron chi connectivity index (χ2n) is 6.52. The first-order valence-electron chi connectivity index (χ1n) is 9.38. The normalized spacial score (nSPS) is 13.2. The summed E-state index contributed by atoms with van der Waals surface area (Å²) in [6.07, 6.45) is 0. The molecule has 1 N–H and O–H groups in total. The number of carbonyl (C=O) groups excluding carboxylic acids is 1. The standard InChI is InChI=1S/C21H26BrNO7S/c1-6-30-21(24)18(22)19(23-31(25,26)15-9-7-13(2)8-10-15)14-11-16(27-3)20(29-5)17(12-14)28-4/h7-12,18-19,23H,6H2,1-5H3/t18-,19-/m0/s1. The van der Waals surface area contributed by atoms with Gasteiger partial charge in [0, 0.05) is 0 Å². The predicted molar refractivity (Wildman–Crippen MR) is 120 cm³/mol. The second-order valence-corrected chi connectivity index (χ2v) is 9.22. The largest absolute Gasteiger partial charge is 0.493 e. The molecule has 0 bridgehead atoms. The Labute approximate surface area is 191 Å². The number of benzene rings is 2. The average molecular weight is 516 g/mol. The van der Waals surface area contributed by atoms with Crippen molar-refractivity contribution in [3.8, 4) is 17.2 Å². The van der Waals surface area contributed by atoms with Crippen molar-refractivity contribution in [3.05, 3.63) is 47.5 Å². The van der Waals surface area contributed by atoms with Crippen LogP contribution in [-0.4, -0.2) is 47.2 Å². The smallest absolute Gasteiger partial charge is 0.321 e. The third-order valence-corrected chi connectivity index (χ3v) is 6.82. The molecule has 0 radical (unpaired) electrons. The number of hydrogen-bond acceptors (Lipinski definition) is 7. The average Bonchev–Trinajstić information content (AvgIpc) is 2.76. The van der Waals surface area contributed by atoms with E-state index in [0.717, 1.165) is 5.56 Å². The first-order chi connectivity index (χ1) is 14.7. The molecule has 8 nitrogen and oxygen atoms in total. The summed E-state index contributed by atoms with van der Waals surface area (Å²) >= 11 is 3.30. The first-order valence-corrected chi connectivity index (χ1v) is 11.8. The highest BCUT2D eigenvalue weighted by Gasteiger charge is 2.34. The van der Waals surface area contributed by atoms with Gasteiger partial charge in [-0.15, -0.1) is 0 Å². The molecule has 10 heteroatoms. The summed E-state index contributed by atoms with van der Waals surface area (Å²) in [5, 5.41) is 0. The van der Waals surface area contributed by atoms with Gasteiger partial charge >= 0.3 is 5.97 Å². The Morgan fingerprint density at radius 2 is 1.58 bits per heavy atom. The fourth-order valence-corrected chi connectivity index (χ4v) is 4.87. The molecule has 0 amide bonds. The number of esters is 1. The lowest BCUT2D eigenvalue weighted by Crippen LogP contribution is -2.38. The van der Waals surface area contributed by atoms with E-state index in [-0.39, 0.29) is 11.5 Å². The lowest BCUT2D eigenvalue weighted by Gasteiger charge is -2.25. The summed E-state index contributed by atoms with van der Waals surface area (Å²) < 4.78 is 49.9. The number of halogens is 1. The van der Waals surface area contributed by atoms with Gasteiger partial charge in [0.25, 0.3) is 0 Å². The zero-order valence-electron chi connectivity index (χ0n) is 18.0. The highest BCUT2D eigenvalue weighted by molar-refractivity contribution is 9.10. The fraction of sp³-hybridized carbons (Fsp3) is 0.381. The summed E-state index contributed by atoms with van der Waals surface area (Å²) in [5.74, 6) is 0.365. The van der Waals surface area contributed by atoms with E-state index in [1.165, 1.54) is 33.5 Å². The topological polar surface area (TPSA) is 100 Å². The molecular formula is C21H26BrNO7S. The molecule has 0 aromatic heterocycles. The van der Waals surface area contributed by atoms with Crippen LogP contribution in [0.3, 0.4) is 0 Å². The van der Waals surface area contributed by atoms with Gasteiger partial charge < -0.3 is 18.9 Å². The molecule has 2 aromatic rings. The van der Waals surface area contributed by atoms with Gasteiger partial charge in [-0.1, -0.05) is 33.6 Å². The van der Waals surface area contributed by atoms with Gasteiger partial charge in [-0.3, -0.25) is 4.79 Å². The third kappa shape index (κ3) is 5.90. The minimum atomic E-state index is -3.97. The van der Waals surface area contributed by atoms with Crippen molar-refractivity contribution in [2.24, 2.45) is 0 Å². The summed E-state index contributed by atoms with van der Waals surface area (Å²) in [4.78, 5) is 11.5. The van der Waals surface area contributed by atoms with Crippen LogP contribution < -0.4 is 18.9 Å². The maximum absolute atomic E-state index is 13.1. The molecule has 0 aliphatic carbocycles. The Morgan fingerprint density at radius 3 is 2.03 bits per heavy atom. The number of ether oxygens (including phenoxy) is 4. The third-order valence-electron chi connectivity index (χ3n) is 4.46. The van der Waals surface area contributed by atoms with Crippen LogP contribution >= 0.6 is 15.9 Å². The molecule has 0 heterocycles. The predicted octanol–water partition coefficient (Wildman–Crippen LogP) is 3.37. The molecule has 0 spiro atoms. The molecule has 2 rings (SSSR count). The molecular weight excluding hydrogens is 490 g/mol. The van der Waals surface area contributed by atoms with Crippen molar-refractivity contribution in [1.29, 1.82) is 0 Å². The van der Waals surface area contributed by atoms with Crippen LogP contribution in [0, 0.1) is 6.92 Å². The van der Waals surface area contributed by atoms with Crippen molar-refractivity contribution in [1.82, 2.24) is 4.72 Å². The summed E-state index contributed by atoms with van der Waals surface area (Å²) in [5.41, 5.74) is 1.34. The van der Waals surface area contributed by atoms with E-state index in [0.29, 0.717) is 22.8 Å². The van der Waals surface area contributed by atoms with Crippen LogP contribution in [-0.2, 0) is 19.6 Å². The summed E-state index contributed by atoms with van der Waals surface area (Å²) in [6.45, 7) is 3.67. The lowest BCUT2D eigenvalue weighted by atomic mass is 10.0. The summed E-state index contributed by atoms with van der Waals surface area (Å²) in [6, 6.07) is 8.52. The van der Waals surface area contributed by atoms with Crippen LogP contribution in [0.25, 0.3) is 0 Å². The molecule has 2 atom stereocenters. The Kier molecular flexibility index (Phi) is 8.72. The Balaban J connectivity index is 2.58. The first kappa shape index (κ1) is 25.0. The number of nitrogens with one attached hydrogen (secondary N) is 1. The van der Waals surface area contributed by atoms with Gasteiger partial charge in [0.1, 0.15) is 4.83 Å². The van der Waals surface area contributed by atoms with E-state index in [1.54, 1.807) is 31.2 Å².